The Hall–Kier alpha value is -2.61. The molecule has 24 heavy (non-hydrogen) atoms. The van der Waals surface area contributed by atoms with Crippen LogP contribution in [0.3, 0.4) is 0 Å². The molecule has 3 amide bonds. The van der Waals surface area contributed by atoms with Gasteiger partial charge in [0.1, 0.15) is 12.6 Å². The van der Waals surface area contributed by atoms with E-state index in [0.29, 0.717) is 29.0 Å². The van der Waals surface area contributed by atoms with Crippen LogP contribution >= 0.6 is 0 Å². The molecule has 8 heteroatoms. The third kappa shape index (κ3) is 2.22. The van der Waals surface area contributed by atoms with Crippen LogP contribution in [-0.4, -0.2) is 53.1 Å². The Labute approximate surface area is 137 Å². The average Bonchev–Trinajstić information content (AvgIpc) is 2.91. The lowest BCUT2D eigenvalue weighted by Crippen LogP contribution is -2.52. The second kappa shape index (κ2) is 5.48. The van der Waals surface area contributed by atoms with Crippen LogP contribution in [0.1, 0.15) is 28.8 Å². The number of nitrogens with one attached hydrogen (secondary N) is 1. The van der Waals surface area contributed by atoms with Crippen molar-refractivity contribution in [3.63, 3.8) is 0 Å². The minimum absolute atomic E-state index is 0.155. The van der Waals surface area contributed by atoms with Gasteiger partial charge in [-0.2, -0.15) is 0 Å². The van der Waals surface area contributed by atoms with Crippen LogP contribution in [0.4, 0.5) is 0 Å². The number of fused-ring (bicyclic) bond motifs is 3. The Morgan fingerprint density at radius 1 is 1.29 bits per heavy atom. The van der Waals surface area contributed by atoms with Gasteiger partial charge in [0.2, 0.25) is 11.8 Å². The Bertz CT molecular complexity index is 746. The van der Waals surface area contributed by atoms with E-state index in [2.05, 4.69) is 5.32 Å². The van der Waals surface area contributed by atoms with Gasteiger partial charge in [0.05, 0.1) is 13.2 Å². The highest BCUT2D eigenvalue weighted by Crippen LogP contribution is 2.41. The predicted octanol–water partition coefficient (Wildman–Crippen LogP) is -0.420. The molecule has 0 aliphatic carbocycles. The van der Waals surface area contributed by atoms with Gasteiger partial charge in [0.25, 0.3) is 5.91 Å². The fourth-order valence-corrected chi connectivity index (χ4v) is 3.32. The number of ether oxygens (including phenoxy) is 2. The molecule has 0 radical (unpaired) electrons. The van der Waals surface area contributed by atoms with E-state index in [1.54, 1.807) is 12.1 Å². The standard InChI is InChI=1S/C16H16N2O6/c19-6-8-7-23-14-10-5-18(11-2-4-13(20)17-15(11)21)16(22)9(10)1-3-12(14)24-8/h1,3,8,11,19H,2,4-7H2,(H,17,20,21). The van der Waals surface area contributed by atoms with Crippen molar-refractivity contribution < 1.29 is 29.0 Å². The van der Waals surface area contributed by atoms with E-state index in [4.69, 9.17) is 9.47 Å². The van der Waals surface area contributed by atoms with Gasteiger partial charge in [0, 0.05) is 17.5 Å². The molecule has 2 unspecified atom stereocenters. The molecule has 1 saturated heterocycles. The summed E-state index contributed by atoms with van der Waals surface area (Å²) in [6.45, 7) is 0.279. The molecule has 0 saturated carbocycles. The fraction of sp³-hybridized carbons (Fsp3) is 0.438. The molecule has 1 aromatic carbocycles. The number of aliphatic hydroxyl groups excluding tert-OH is 1. The van der Waals surface area contributed by atoms with Crippen LogP contribution in [0.2, 0.25) is 0 Å². The van der Waals surface area contributed by atoms with E-state index in [0.717, 1.165) is 0 Å². The third-order valence-electron chi connectivity index (χ3n) is 4.54. The summed E-state index contributed by atoms with van der Waals surface area (Å²) in [5, 5.41) is 11.4. The maximum atomic E-state index is 12.7. The number of amides is 3. The molecule has 126 valence electrons. The molecule has 2 atom stereocenters. The number of hydrogen-bond donors (Lipinski definition) is 2. The number of aliphatic hydroxyl groups is 1. The van der Waals surface area contributed by atoms with Crippen LogP contribution in [0.15, 0.2) is 12.1 Å². The molecule has 4 rings (SSSR count). The number of rotatable bonds is 2. The summed E-state index contributed by atoms with van der Waals surface area (Å²) in [6.07, 6.45) is 0.0991. The van der Waals surface area contributed by atoms with E-state index in [9.17, 15) is 19.5 Å². The summed E-state index contributed by atoms with van der Waals surface area (Å²) in [7, 11) is 0. The molecule has 2 N–H and O–H groups in total. The molecular weight excluding hydrogens is 316 g/mol. The monoisotopic (exact) mass is 332 g/mol. The third-order valence-corrected chi connectivity index (χ3v) is 4.54. The van der Waals surface area contributed by atoms with Gasteiger partial charge >= 0.3 is 0 Å². The first-order chi connectivity index (χ1) is 11.6. The fourth-order valence-electron chi connectivity index (χ4n) is 3.32. The van der Waals surface area contributed by atoms with Gasteiger partial charge in [-0.25, -0.2) is 0 Å². The summed E-state index contributed by atoms with van der Waals surface area (Å²) < 4.78 is 11.3. The first kappa shape index (κ1) is 14.9. The molecule has 0 bridgehead atoms. The summed E-state index contributed by atoms with van der Waals surface area (Å²) in [5.74, 6) is -0.0455. The largest absolute Gasteiger partial charge is 0.485 e. The minimum atomic E-state index is -0.659. The number of nitrogens with zero attached hydrogens (tertiary/aromatic N) is 1. The van der Waals surface area contributed by atoms with Crippen LogP contribution in [0.5, 0.6) is 11.5 Å². The molecule has 3 heterocycles. The Balaban J connectivity index is 1.63. The first-order valence-corrected chi connectivity index (χ1v) is 7.79. The van der Waals surface area contributed by atoms with Gasteiger partial charge in [-0.05, 0) is 18.6 Å². The number of piperidine rings is 1. The number of carbonyl (C=O) groups is 3. The molecule has 3 aliphatic heterocycles. The highest BCUT2D eigenvalue weighted by Gasteiger charge is 2.41. The SMILES string of the molecule is O=C1CCC(N2Cc3c(ccc4c3OCC(CO)O4)C2=O)C(=O)N1. The quantitative estimate of drug-likeness (QED) is 0.713. The Morgan fingerprint density at radius 3 is 2.88 bits per heavy atom. The number of benzene rings is 1. The molecular formula is C16H16N2O6. The average molecular weight is 332 g/mol. The lowest BCUT2D eigenvalue weighted by atomic mass is 10.0. The van der Waals surface area contributed by atoms with Gasteiger partial charge in [-0.15, -0.1) is 0 Å². The highest BCUT2D eigenvalue weighted by molar-refractivity contribution is 6.05. The van der Waals surface area contributed by atoms with Crippen molar-refractivity contribution in [1.82, 2.24) is 10.2 Å². The van der Waals surface area contributed by atoms with E-state index < -0.39 is 18.1 Å². The highest BCUT2D eigenvalue weighted by atomic mass is 16.6. The van der Waals surface area contributed by atoms with Crippen LogP contribution in [0.25, 0.3) is 0 Å². The van der Waals surface area contributed by atoms with E-state index in [-0.39, 0.29) is 38.0 Å². The summed E-state index contributed by atoms with van der Waals surface area (Å²) in [6, 6.07) is 2.63. The smallest absolute Gasteiger partial charge is 0.255 e. The summed E-state index contributed by atoms with van der Waals surface area (Å²) >= 11 is 0. The molecule has 8 nitrogen and oxygen atoms in total. The lowest BCUT2D eigenvalue weighted by Gasteiger charge is -2.29. The topological polar surface area (TPSA) is 105 Å². The number of imide groups is 1. The number of carbonyl (C=O) groups excluding carboxylic acids is 3. The maximum absolute atomic E-state index is 12.7. The molecule has 1 fully saturated rings. The van der Waals surface area contributed by atoms with Gasteiger partial charge in [-0.3, -0.25) is 19.7 Å². The normalized spacial score (nSPS) is 25.5. The van der Waals surface area contributed by atoms with Gasteiger partial charge in [-0.1, -0.05) is 0 Å². The maximum Gasteiger partial charge on any atom is 0.255 e. The van der Waals surface area contributed by atoms with Crippen molar-refractivity contribution in [2.45, 2.75) is 31.5 Å². The van der Waals surface area contributed by atoms with Crippen molar-refractivity contribution in [3.05, 3.63) is 23.3 Å². The van der Waals surface area contributed by atoms with Crippen LogP contribution < -0.4 is 14.8 Å². The van der Waals surface area contributed by atoms with E-state index in [1.165, 1.54) is 4.90 Å². The van der Waals surface area contributed by atoms with Crippen LogP contribution in [-0.2, 0) is 16.1 Å². The summed E-state index contributed by atoms with van der Waals surface area (Å²) in [4.78, 5) is 37.5. The number of hydrogen-bond acceptors (Lipinski definition) is 6. The van der Waals surface area contributed by atoms with Crippen molar-refractivity contribution in [2.24, 2.45) is 0 Å². The molecule has 3 aliphatic rings. The second-order valence-electron chi connectivity index (χ2n) is 6.05. The molecule has 0 spiro atoms. The molecule has 0 aromatic heterocycles. The van der Waals surface area contributed by atoms with Crippen molar-refractivity contribution in [1.29, 1.82) is 0 Å². The van der Waals surface area contributed by atoms with Crippen molar-refractivity contribution in [3.8, 4) is 11.5 Å². The van der Waals surface area contributed by atoms with E-state index >= 15 is 0 Å². The van der Waals surface area contributed by atoms with Crippen molar-refractivity contribution >= 4 is 17.7 Å². The summed E-state index contributed by atoms with van der Waals surface area (Å²) in [5.41, 5.74) is 1.16. The molecule has 1 aromatic rings. The van der Waals surface area contributed by atoms with E-state index in [1.807, 2.05) is 0 Å². The zero-order valence-electron chi connectivity index (χ0n) is 12.8. The predicted molar refractivity (Wildman–Crippen MR) is 79.5 cm³/mol. The van der Waals surface area contributed by atoms with Gasteiger partial charge < -0.3 is 19.5 Å². The minimum Gasteiger partial charge on any atom is -0.485 e. The first-order valence-electron chi connectivity index (χ1n) is 7.79. The zero-order chi connectivity index (χ0) is 16.8. The Morgan fingerprint density at radius 2 is 2.12 bits per heavy atom. The van der Waals surface area contributed by atoms with Crippen LogP contribution in [0, 0.1) is 0 Å². The van der Waals surface area contributed by atoms with Crippen molar-refractivity contribution in [2.75, 3.05) is 13.2 Å². The Kier molecular flexibility index (Phi) is 3.42. The zero-order valence-corrected chi connectivity index (χ0v) is 12.8. The lowest BCUT2D eigenvalue weighted by molar-refractivity contribution is -0.136. The second-order valence-corrected chi connectivity index (χ2v) is 6.05. The van der Waals surface area contributed by atoms with Gasteiger partial charge in [0.15, 0.2) is 17.6 Å².